The van der Waals surface area contributed by atoms with E-state index in [0.29, 0.717) is 6.61 Å². The third-order valence-corrected chi connectivity index (χ3v) is 2.74. The fourth-order valence-corrected chi connectivity index (χ4v) is 1.71. The molecule has 0 spiro atoms. The predicted molar refractivity (Wildman–Crippen MR) is 73.5 cm³/mol. The summed E-state index contributed by atoms with van der Waals surface area (Å²) < 4.78 is 9.87. The maximum atomic E-state index is 11.3. The second kappa shape index (κ2) is 9.25. The minimum atomic E-state index is -0.723. The first-order chi connectivity index (χ1) is 9.22. The first-order valence-electron chi connectivity index (χ1n) is 6.86. The first kappa shape index (κ1) is 15.3. The van der Waals surface area contributed by atoms with Crippen molar-refractivity contribution in [3.05, 3.63) is 24.3 Å². The number of benzene rings is 1. The number of hydrogen-bond acceptors (Lipinski definition) is 4. The molecule has 0 atom stereocenters. The van der Waals surface area contributed by atoms with Gasteiger partial charge in [0.25, 0.3) is 0 Å². The van der Waals surface area contributed by atoms with E-state index in [4.69, 9.17) is 9.47 Å². The summed E-state index contributed by atoms with van der Waals surface area (Å²) in [4.78, 5) is 11.3. The van der Waals surface area contributed by atoms with Gasteiger partial charge in [0.2, 0.25) is 0 Å². The number of aromatic hydroxyl groups is 1. The average molecular weight is 266 g/mol. The fourth-order valence-electron chi connectivity index (χ4n) is 1.71. The van der Waals surface area contributed by atoms with Gasteiger partial charge >= 0.3 is 6.16 Å². The van der Waals surface area contributed by atoms with Crippen molar-refractivity contribution in [2.24, 2.45) is 0 Å². The molecule has 0 heterocycles. The number of rotatable bonds is 8. The number of hydrogen-bond donors (Lipinski definition) is 1. The number of phenols is 1. The van der Waals surface area contributed by atoms with Gasteiger partial charge < -0.3 is 14.6 Å². The predicted octanol–water partition coefficient (Wildman–Crippen LogP) is 4.27. The maximum Gasteiger partial charge on any atom is 0.513 e. The van der Waals surface area contributed by atoms with E-state index in [1.165, 1.54) is 37.8 Å². The van der Waals surface area contributed by atoms with Crippen molar-refractivity contribution in [1.29, 1.82) is 0 Å². The lowest BCUT2D eigenvalue weighted by Crippen LogP contribution is -2.11. The molecule has 0 bridgehead atoms. The lowest BCUT2D eigenvalue weighted by atomic mass is 10.1. The SMILES string of the molecule is CCCCCCCCOC(=O)Oc1cccc(O)c1. The third kappa shape index (κ3) is 7.34. The number of carbonyl (C=O) groups is 1. The molecule has 1 rings (SSSR count). The van der Waals surface area contributed by atoms with Crippen LogP contribution in [0, 0.1) is 0 Å². The molecule has 19 heavy (non-hydrogen) atoms. The molecule has 0 saturated carbocycles. The van der Waals surface area contributed by atoms with Gasteiger partial charge in [0.15, 0.2) is 0 Å². The molecule has 0 unspecified atom stereocenters. The molecule has 0 fully saturated rings. The second-order valence-electron chi connectivity index (χ2n) is 4.47. The molecule has 0 aliphatic rings. The summed E-state index contributed by atoms with van der Waals surface area (Å²) in [7, 11) is 0. The summed E-state index contributed by atoms with van der Waals surface area (Å²) in [5, 5.41) is 9.21. The van der Waals surface area contributed by atoms with E-state index in [9.17, 15) is 9.90 Å². The van der Waals surface area contributed by atoms with Crippen LogP contribution >= 0.6 is 0 Å². The molecule has 0 aromatic heterocycles. The van der Waals surface area contributed by atoms with E-state index in [1.54, 1.807) is 12.1 Å². The van der Waals surface area contributed by atoms with Crippen LogP contribution in [-0.4, -0.2) is 17.9 Å². The molecule has 0 radical (unpaired) electrons. The Morgan fingerprint density at radius 3 is 2.63 bits per heavy atom. The van der Waals surface area contributed by atoms with Gasteiger partial charge in [-0.2, -0.15) is 0 Å². The van der Waals surface area contributed by atoms with E-state index in [0.717, 1.165) is 12.8 Å². The normalized spacial score (nSPS) is 10.2. The van der Waals surface area contributed by atoms with Crippen LogP contribution in [0.5, 0.6) is 11.5 Å². The Balaban J connectivity index is 2.08. The highest BCUT2D eigenvalue weighted by molar-refractivity contribution is 5.63. The zero-order chi connectivity index (χ0) is 13.9. The minimum Gasteiger partial charge on any atom is -0.508 e. The zero-order valence-corrected chi connectivity index (χ0v) is 11.4. The maximum absolute atomic E-state index is 11.3. The molecule has 0 aliphatic carbocycles. The Kier molecular flexibility index (Phi) is 7.47. The quantitative estimate of drug-likeness (QED) is 0.434. The fraction of sp³-hybridized carbons (Fsp3) is 0.533. The Morgan fingerprint density at radius 1 is 1.16 bits per heavy atom. The monoisotopic (exact) mass is 266 g/mol. The molecule has 1 N–H and O–H groups in total. The topological polar surface area (TPSA) is 55.8 Å². The van der Waals surface area contributed by atoms with Crippen LogP contribution in [0.1, 0.15) is 45.4 Å². The van der Waals surface area contributed by atoms with E-state index < -0.39 is 6.16 Å². The zero-order valence-electron chi connectivity index (χ0n) is 11.4. The molecule has 0 amide bonds. The molecular weight excluding hydrogens is 244 g/mol. The summed E-state index contributed by atoms with van der Waals surface area (Å²) in [6, 6.07) is 6.07. The van der Waals surface area contributed by atoms with Gasteiger partial charge in [0.1, 0.15) is 11.5 Å². The van der Waals surface area contributed by atoms with Crippen LogP contribution in [0.2, 0.25) is 0 Å². The van der Waals surface area contributed by atoms with Crippen LogP contribution in [-0.2, 0) is 4.74 Å². The summed E-state index contributed by atoms with van der Waals surface area (Å²) in [5.74, 6) is 0.342. The van der Waals surface area contributed by atoms with Gasteiger partial charge in [-0.3, -0.25) is 0 Å². The van der Waals surface area contributed by atoms with Gasteiger partial charge in [-0.05, 0) is 18.6 Å². The van der Waals surface area contributed by atoms with Crippen molar-refractivity contribution >= 4 is 6.16 Å². The molecule has 1 aromatic carbocycles. The van der Waals surface area contributed by atoms with Crippen molar-refractivity contribution in [2.75, 3.05) is 6.61 Å². The van der Waals surface area contributed by atoms with E-state index in [-0.39, 0.29) is 11.5 Å². The molecule has 0 aliphatic heterocycles. The molecule has 106 valence electrons. The largest absolute Gasteiger partial charge is 0.513 e. The molecule has 4 nitrogen and oxygen atoms in total. The van der Waals surface area contributed by atoms with Crippen LogP contribution < -0.4 is 4.74 Å². The van der Waals surface area contributed by atoms with Crippen molar-refractivity contribution in [1.82, 2.24) is 0 Å². The van der Waals surface area contributed by atoms with Crippen LogP contribution in [0.25, 0.3) is 0 Å². The minimum absolute atomic E-state index is 0.0567. The average Bonchev–Trinajstić information content (AvgIpc) is 2.37. The van der Waals surface area contributed by atoms with Crippen molar-refractivity contribution < 1.29 is 19.4 Å². The van der Waals surface area contributed by atoms with Crippen LogP contribution in [0.15, 0.2) is 24.3 Å². The second-order valence-corrected chi connectivity index (χ2v) is 4.47. The number of phenolic OH excluding ortho intramolecular Hbond substituents is 1. The van der Waals surface area contributed by atoms with Gasteiger partial charge in [0, 0.05) is 6.07 Å². The van der Waals surface area contributed by atoms with Crippen molar-refractivity contribution in [3.63, 3.8) is 0 Å². The van der Waals surface area contributed by atoms with E-state index in [1.807, 2.05) is 0 Å². The summed E-state index contributed by atoms with van der Waals surface area (Å²) in [6.45, 7) is 2.56. The summed E-state index contributed by atoms with van der Waals surface area (Å²) in [5.41, 5.74) is 0. The Labute approximate surface area is 114 Å². The number of carbonyl (C=O) groups excluding carboxylic acids is 1. The molecule has 1 aromatic rings. The molecule has 4 heteroatoms. The summed E-state index contributed by atoms with van der Waals surface area (Å²) in [6.07, 6.45) is 6.12. The van der Waals surface area contributed by atoms with E-state index in [2.05, 4.69) is 6.92 Å². The number of unbranched alkanes of at least 4 members (excludes halogenated alkanes) is 5. The first-order valence-corrected chi connectivity index (χ1v) is 6.86. The highest BCUT2D eigenvalue weighted by Crippen LogP contribution is 2.18. The van der Waals surface area contributed by atoms with Gasteiger partial charge in [-0.15, -0.1) is 0 Å². The van der Waals surface area contributed by atoms with Crippen molar-refractivity contribution in [2.45, 2.75) is 45.4 Å². The Bertz CT molecular complexity index is 376. The smallest absolute Gasteiger partial charge is 0.508 e. The van der Waals surface area contributed by atoms with Crippen molar-refractivity contribution in [3.8, 4) is 11.5 Å². The Hall–Kier alpha value is -1.71. The van der Waals surface area contributed by atoms with Gasteiger partial charge in [-0.25, -0.2) is 4.79 Å². The highest BCUT2D eigenvalue weighted by atomic mass is 16.7. The third-order valence-electron chi connectivity index (χ3n) is 2.74. The van der Waals surface area contributed by atoms with Crippen LogP contribution in [0.3, 0.4) is 0 Å². The van der Waals surface area contributed by atoms with E-state index >= 15 is 0 Å². The molecular formula is C15H22O4. The van der Waals surface area contributed by atoms with Crippen LogP contribution in [0.4, 0.5) is 4.79 Å². The molecule has 0 saturated heterocycles. The lowest BCUT2D eigenvalue weighted by molar-refractivity contribution is 0.0972. The Morgan fingerprint density at radius 2 is 1.89 bits per heavy atom. The highest BCUT2D eigenvalue weighted by Gasteiger charge is 2.05. The lowest BCUT2D eigenvalue weighted by Gasteiger charge is -2.06. The van der Waals surface area contributed by atoms with Gasteiger partial charge in [-0.1, -0.05) is 45.1 Å². The number of ether oxygens (including phenoxy) is 2. The summed E-state index contributed by atoms with van der Waals surface area (Å²) >= 11 is 0. The standard InChI is InChI=1S/C15H22O4/c1-2-3-4-5-6-7-11-18-15(17)19-14-10-8-9-13(16)12-14/h8-10,12,16H,2-7,11H2,1H3. The van der Waals surface area contributed by atoms with Gasteiger partial charge in [0.05, 0.1) is 6.61 Å².